The number of rotatable bonds is 4. The zero-order valence-electron chi connectivity index (χ0n) is 15.2. The summed E-state index contributed by atoms with van der Waals surface area (Å²) in [5.74, 6) is -1.26. The molecule has 3 rings (SSSR count). The molecule has 7 nitrogen and oxygen atoms in total. The van der Waals surface area contributed by atoms with Gasteiger partial charge in [-0.05, 0) is 42.7 Å². The number of amides is 2. The molecule has 0 bridgehead atoms. The summed E-state index contributed by atoms with van der Waals surface area (Å²) in [6, 6.07) is 12.7. The normalized spacial score (nSPS) is 16.9. The van der Waals surface area contributed by atoms with Crippen LogP contribution >= 0.6 is 11.6 Å². The van der Waals surface area contributed by atoms with Gasteiger partial charge in [0.1, 0.15) is 6.04 Å². The molecule has 28 heavy (non-hydrogen) atoms. The van der Waals surface area contributed by atoms with Crippen LogP contribution in [0.5, 0.6) is 0 Å². The van der Waals surface area contributed by atoms with Gasteiger partial charge in [0.2, 0.25) is 10.0 Å². The fraction of sp³-hybridized carbons (Fsp3) is 0.263. The maximum absolute atomic E-state index is 12.7. The van der Waals surface area contributed by atoms with Crippen molar-refractivity contribution >= 4 is 33.4 Å². The van der Waals surface area contributed by atoms with Crippen LogP contribution in [0.25, 0.3) is 0 Å². The number of nitrogens with one attached hydrogen (secondary N) is 2. The highest BCUT2D eigenvalue weighted by molar-refractivity contribution is 7.89. The predicted molar refractivity (Wildman–Crippen MR) is 106 cm³/mol. The number of hydrazine groups is 1. The maximum Gasteiger partial charge on any atom is 0.269 e. The second-order valence-electron chi connectivity index (χ2n) is 6.39. The van der Waals surface area contributed by atoms with Crippen LogP contribution in [-0.4, -0.2) is 36.3 Å². The molecular weight excluding hydrogens is 402 g/mol. The number of sulfonamides is 1. The highest BCUT2D eigenvalue weighted by atomic mass is 35.5. The lowest BCUT2D eigenvalue weighted by molar-refractivity contribution is -0.126. The first-order chi connectivity index (χ1) is 13.3. The van der Waals surface area contributed by atoms with E-state index in [1.807, 2.05) is 24.3 Å². The lowest BCUT2D eigenvalue weighted by Crippen LogP contribution is -2.56. The minimum Gasteiger partial charge on any atom is -0.271 e. The first kappa shape index (κ1) is 20.3. The fourth-order valence-corrected chi connectivity index (χ4v) is 4.50. The van der Waals surface area contributed by atoms with E-state index in [9.17, 15) is 18.0 Å². The molecule has 2 aromatic carbocycles. The van der Waals surface area contributed by atoms with Crippen LogP contribution in [-0.2, 0) is 27.8 Å². The van der Waals surface area contributed by atoms with Gasteiger partial charge in [-0.25, -0.2) is 8.42 Å². The van der Waals surface area contributed by atoms with Crippen molar-refractivity contribution in [2.75, 3.05) is 5.75 Å². The lowest BCUT2D eigenvalue weighted by Gasteiger charge is -2.34. The average Bonchev–Trinajstić information content (AvgIpc) is 2.70. The smallest absolute Gasteiger partial charge is 0.269 e. The number of benzene rings is 2. The zero-order valence-corrected chi connectivity index (χ0v) is 16.8. The van der Waals surface area contributed by atoms with Gasteiger partial charge in [0.25, 0.3) is 11.8 Å². The van der Waals surface area contributed by atoms with Gasteiger partial charge in [0.15, 0.2) is 0 Å². The summed E-state index contributed by atoms with van der Waals surface area (Å²) >= 11 is 5.87. The Morgan fingerprint density at radius 1 is 1.11 bits per heavy atom. The number of fused-ring (bicyclic) bond motifs is 1. The van der Waals surface area contributed by atoms with Crippen molar-refractivity contribution in [2.24, 2.45) is 0 Å². The molecule has 9 heteroatoms. The summed E-state index contributed by atoms with van der Waals surface area (Å²) in [6.45, 7) is 1.65. The third-order valence-electron chi connectivity index (χ3n) is 4.62. The maximum atomic E-state index is 12.7. The van der Waals surface area contributed by atoms with E-state index in [0.29, 0.717) is 5.02 Å². The molecule has 0 fully saturated rings. The molecule has 0 aromatic heterocycles. The summed E-state index contributed by atoms with van der Waals surface area (Å²) in [6.07, 6.45) is 0.230. The van der Waals surface area contributed by atoms with E-state index in [1.165, 1.54) is 17.3 Å². The van der Waals surface area contributed by atoms with Gasteiger partial charge in [-0.1, -0.05) is 41.9 Å². The highest BCUT2D eigenvalue weighted by Crippen LogP contribution is 2.26. The van der Waals surface area contributed by atoms with Crippen molar-refractivity contribution in [3.8, 4) is 0 Å². The third kappa shape index (κ3) is 4.35. The first-order valence-electron chi connectivity index (χ1n) is 8.74. The quantitative estimate of drug-likeness (QED) is 0.737. The number of nitrogens with zero attached hydrogens (tertiary/aromatic N) is 1. The van der Waals surface area contributed by atoms with E-state index in [1.54, 1.807) is 18.2 Å². The Kier molecular flexibility index (Phi) is 6.02. The van der Waals surface area contributed by atoms with Crippen molar-refractivity contribution in [2.45, 2.75) is 25.9 Å². The van der Waals surface area contributed by atoms with Crippen LogP contribution in [0, 0.1) is 0 Å². The van der Waals surface area contributed by atoms with E-state index in [4.69, 9.17) is 11.6 Å². The SMILES string of the molecule is CCS(=O)(=O)N1Cc2ccccc2C[C@H]1C(=O)NNC(=O)c1cccc(Cl)c1. The van der Waals surface area contributed by atoms with E-state index in [-0.39, 0.29) is 24.3 Å². The van der Waals surface area contributed by atoms with Crippen molar-refractivity contribution in [1.82, 2.24) is 15.2 Å². The van der Waals surface area contributed by atoms with Crippen LogP contribution in [0.4, 0.5) is 0 Å². The summed E-state index contributed by atoms with van der Waals surface area (Å²) in [4.78, 5) is 24.9. The Bertz CT molecular complexity index is 1010. The molecule has 1 aliphatic rings. The van der Waals surface area contributed by atoms with Crippen molar-refractivity contribution < 1.29 is 18.0 Å². The molecule has 0 unspecified atom stereocenters. The molecular formula is C19H20ClN3O4S. The second-order valence-corrected chi connectivity index (χ2v) is 9.03. The van der Waals surface area contributed by atoms with Gasteiger partial charge in [-0.3, -0.25) is 20.4 Å². The van der Waals surface area contributed by atoms with E-state index >= 15 is 0 Å². The molecule has 0 radical (unpaired) electrons. The summed E-state index contributed by atoms with van der Waals surface area (Å²) in [5, 5.41) is 0.392. The number of halogens is 1. The Balaban J connectivity index is 1.77. The van der Waals surface area contributed by atoms with Crippen molar-refractivity contribution in [3.05, 3.63) is 70.2 Å². The van der Waals surface area contributed by atoms with E-state index < -0.39 is 27.9 Å². The predicted octanol–water partition coefficient (Wildman–Crippen LogP) is 1.88. The molecule has 148 valence electrons. The minimum atomic E-state index is -3.61. The molecule has 0 spiro atoms. The van der Waals surface area contributed by atoms with Crippen molar-refractivity contribution in [3.63, 3.8) is 0 Å². The molecule has 0 saturated heterocycles. The highest BCUT2D eigenvalue weighted by Gasteiger charge is 2.38. The van der Waals surface area contributed by atoms with Gasteiger partial charge in [0, 0.05) is 17.1 Å². The Labute approximate surface area is 168 Å². The monoisotopic (exact) mass is 421 g/mol. The van der Waals surface area contributed by atoms with Crippen LogP contribution in [0.2, 0.25) is 5.02 Å². The molecule has 1 heterocycles. The van der Waals surface area contributed by atoms with Crippen LogP contribution in [0.1, 0.15) is 28.4 Å². The van der Waals surface area contributed by atoms with Gasteiger partial charge in [0.05, 0.1) is 5.75 Å². The fourth-order valence-electron chi connectivity index (χ4n) is 3.08. The number of hydrogen-bond acceptors (Lipinski definition) is 4. The van der Waals surface area contributed by atoms with Crippen molar-refractivity contribution in [1.29, 1.82) is 0 Å². The zero-order chi connectivity index (χ0) is 20.3. The Morgan fingerprint density at radius 2 is 1.82 bits per heavy atom. The summed E-state index contributed by atoms with van der Waals surface area (Å²) in [7, 11) is -3.61. The standard InChI is InChI=1S/C19H20ClN3O4S/c1-2-28(26,27)23-12-15-7-4-3-6-13(15)11-17(23)19(25)22-21-18(24)14-8-5-9-16(20)10-14/h3-10,17H,2,11-12H2,1H3,(H,21,24)(H,22,25)/t17-/m0/s1. The number of carbonyl (C=O) groups is 2. The molecule has 1 aliphatic heterocycles. The number of hydrogen-bond donors (Lipinski definition) is 2. The van der Waals surface area contributed by atoms with Gasteiger partial charge in [-0.15, -0.1) is 0 Å². The molecule has 1 atom stereocenters. The molecule has 2 N–H and O–H groups in total. The average molecular weight is 422 g/mol. The van der Waals surface area contributed by atoms with E-state index in [2.05, 4.69) is 10.9 Å². The molecule has 0 aliphatic carbocycles. The van der Waals surface area contributed by atoms with Crippen LogP contribution in [0.15, 0.2) is 48.5 Å². The van der Waals surface area contributed by atoms with Gasteiger partial charge < -0.3 is 0 Å². The van der Waals surface area contributed by atoms with E-state index in [0.717, 1.165) is 11.1 Å². The summed E-state index contributed by atoms with van der Waals surface area (Å²) in [5.41, 5.74) is 6.71. The second kappa shape index (κ2) is 8.30. The molecule has 2 aromatic rings. The molecule has 0 saturated carbocycles. The summed E-state index contributed by atoms with van der Waals surface area (Å²) < 4.78 is 26.2. The third-order valence-corrected chi connectivity index (χ3v) is 6.68. The van der Waals surface area contributed by atoms with Gasteiger partial charge >= 0.3 is 0 Å². The Morgan fingerprint density at radius 3 is 2.50 bits per heavy atom. The topological polar surface area (TPSA) is 95.6 Å². The largest absolute Gasteiger partial charge is 0.271 e. The van der Waals surface area contributed by atoms with Crippen LogP contribution in [0.3, 0.4) is 0 Å². The lowest BCUT2D eigenvalue weighted by atomic mass is 9.95. The van der Waals surface area contributed by atoms with Gasteiger partial charge in [-0.2, -0.15) is 4.31 Å². The first-order valence-corrected chi connectivity index (χ1v) is 10.7. The minimum absolute atomic E-state index is 0.117. The Hall–Kier alpha value is -2.42. The number of carbonyl (C=O) groups excluding carboxylic acids is 2. The van der Waals surface area contributed by atoms with Crippen LogP contribution < -0.4 is 10.9 Å². The molecule has 2 amide bonds.